The Hall–Kier alpha value is -2.17. The largest absolute Gasteiger partial charge is 0.573 e. The smallest absolute Gasteiger partial charge is 0.406 e. The average Bonchev–Trinajstić information content (AvgIpc) is 2.80. The summed E-state index contributed by atoms with van der Waals surface area (Å²) in [6, 6.07) is 5.22. The van der Waals surface area contributed by atoms with Gasteiger partial charge in [-0.15, -0.1) is 13.2 Å². The number of likely N-dealkylation sites (tertiary alicyclic amines) is 1. The summed E-state index contributed by atoms with van der Waals surface area (Å²) in [5, 5.41) is 12.6. The number of ether oxygens (including phenoxy) is 2. The molecule has 7 nitrogen and oxygen atoms in total. The Morgan fingerprint density at radius 3 is 2.56 bits per heavy atom. The Balaban J connectivity index is 1.72. The molecule has 1 aromatic carbocycles. The molecule has 0 aliphatic carbocycles. The van der Waals surface area contributed by atoms with Crippen LogP contribution in [0.4, 0.5) is 13.2 Å². The molecule has 1 atom stereocenters. The molecule has 3 rings (SSSR count). The number of aliphatic hydroxyl groups excluding tert-OH is 1. The maximum Gasteiger partial charge on any atom is 0.573 e. The monoisotopic (exact) mass is 387 g/mol. The number of carbonyl (C=O) groups excluding carboxylic acids is 1. The molecule has 0 saturated carbocycles. The third kappa shape index (κ3) is 4.40. The molecule has 1 saturated heterocycles. The molecule has 1 spiro atoms. The van der Waals surface area contributed by atoms with Gasteiger partial charge in [-0.25, -0.2) is 9.89 Å². The molecule has 1 unspecified atom stereocenters. The summed E-state index contributed by atoms with van der Waals surface area (Å²) >= 11 is 0. The predicted molar refractivity (Wildman–Crippen MR) is 89.0 cm³/mol. The lowest BCUT2D eigenvalue weighted by Gasteiger charge is -2.46. The van der Waals surface area contributed by atoms with Crippen LogP contribution in [0.1, 0.15) is 26.3 Å². The van der Waals surface area contributed by atoms with Crippen LogP contribution in [0.3, 0.4) is 0 Å². The lowest BCUT2D eigenvalue weighted by molar-refractivity contribution is -0.274. The normalized spacial score (nSPS) is 20.9. The highest BCUT2D eigenvalue weighted by Gasteiger charge is 2.55. The van der Waals surface area contributed by atoms with Gasteiger partial charge in [-0.3, -0.25) is 4.79 Å². The van der Waals surface area contributed by atoms with Gasteiger partial charge < -0.3 is 19.9 Å². The highest BCUT2D eigenvalue weighted by molar-refractivity contribution is 6.16. The van der Waals surface area contributed by atoms with Gasteiger partial charge in [0, 0.05) is 18.7 Å². The topological polar surface area (TPSA) is 83.4 Å². The van der Waals surface area contributed by atoms with E-state index in [1.54, 1.807) is 25.7 Å². The van der Waals surface area contributed by atoms with Gasteiger partial charge >= 0.3 is 6.36 Å². The minimum Gasteiger partial charge on any atom is -0.406 e. The summed E-state index contributed by atoms with van der Waals surface area (Å²) in [6.07, 6.45) is -5.98. The van der Waals surface area contributed by atoms with Crippen molar-refractivity contribution in [3.8, 4) is 5.75 Å². The fourth-order valence-corrected chi connectivity index (χ4v) is 2.88. The molecule has 1 amide bonds. The van der Waals surface area contributed by atoms with Crippen LogP contribution in [0.25, 0.3) is 0 Å². The summed E-state index contributed by atoms with van der Waals surface area (Å²) in [5.74, 6) is -0.612. The zero-order valence-electron chi connectivity index (χ0n) is 15.0. The van der Waals surface area contributed by atoms with Crippen molar-refractivity contribution in [2.24, 2.45) is 4.99 Å². The first-order chi connectivity index (χ1) is 12.4. The number of amidine groups is 1. The van der Waals surface area contributed by atoms with E-state index in [1.807, 2.05) is 0 Å². The second-order valence-corrected chi connectivity index (χ2v) is 7.48. The number of rotatable bonds is 4. The van der Waals surface area contributed by atoms with Crippen LogP contribution in [0.2, 0.25) is 0 Å². The van der Waals surface area contributed by atoms with E-state index in [-0.39, 0.29) is 24.8 Å². The highest BCUT2D eigenvalue weighted by atomic mass is 19.4. The molecular weight excluding hydrogens is 367 g/mol. The van der Waals surface area contributed by atoms with Crippen LogP contribution in [0, 0.1) is 0 Å². The molecule has 0 aromatic heterocycles. The first-order valence-electron chi connectivity index (χ1n) is 8.24. The van der Waals surface area contributed by atoms with Crippen molar-refractivity contribution in [1.82, 2.24) is 10.2 Å². The van der Waals surface area contributed by atoms with Crippen molar-refractivity contribution in [2.45, 2.75) is 44.7 Å². The number of carbonyl (C=O) groups is 1. The van der Waals surface area contributed by atoms with Gasteiger partial charge in [-0.05, 0) is 32.9 Å². The first-order valence-corrected chi connectivity index (χ1v) is 8.24. The Morgan fingerprint density at radius 1 is 1.30 bits per heavy atom. The first kappa shape index (κ1) is 19.6. The Kier molecular flexibility index (Phi) is 4.69. The van der Waals surface area contributed by atoms with Crippen molar-refractivity contribution in [3.05, 3.63) is 29.8 Å². The van der Waals surface area contributed by atoms with Crippen LogP contribution >= 0.6 is 0 Å². The van der Waals surface area contributed by atoms with Gasteiger partial charge in [-0.2, -0.15) is 0 Å². The molecule has 2 N–H and O–H groups in total. The van der Waals surface area contributed by atoms with E-state index in [1.165, 1.54) is 12.1 Å². The molecule has 2 heterocycles. The van der Waals surface area contributed by atoms with E-state index in [9.17, 15) is 23.1 Å². The minimum atomic E-state index is -4.81. The molecule has 10 heteroatoms. The summed E-state index contributed by atoms with van der Waals surface area (Å²) < 4.78 is 46.4. The molecule has 2 aliphatic rings. The van der Waals surface area contributed by atoms with Crippen molar-refractivity contribution in [3.63, 3.8) is 0 Å². The Bertz CT molecular complexity index is 767. The van der Waals surface area contributed by atoms with Gasteiger partial charge in [0.2, 0.25) is 6.41 Å². The number of halogens is 3. The number of nitrogens with one attached hydrogen (secondary N) is 1. The summed E-state index contributed by atoms with van der Waals surface area (Å²) in [7, 11) is 0. The number of alkyl halides is 3. The lowest BCUT2D eigenvalue weighted by atomic mass is 9.91. The van der Waals surface area contributed by atoms with Crippen molar-refractivity contribution >= 4 is 11.7 Å². The standard InChI is InChI=1S/C17H20F3N3O4/c1-15(2,3)27-14(25)23-8-16(9-23)13(24)21-12(22-16)10-5-4-6-11(7-10)26-17(18,19)20/h4-7,14,25H,8-9H2,1-3H3,(H,21,22,24). The van der Waals surface area contributed by atoms with Crippen LogP contribution in [0.15, 0.2) is 29.3 Å². The van der Waals surface area contributed by atoms with E-state index in [0.717, 1.165) is 12.1 Å². The molecular formula is C17H20F3N3O4. The number of amides is 1. The summed E-state index contributed by atoms with van der Waals surface area (Å²) in [6.45, 7) is 5.65. The van der Waals surface area contributed by atoms with E-state index < -0.39 is 29.7 Å². The molecule has 148 valence electrons. The van der Waals surface area contributed by atoms with Gasteiger partial charge in [-0.1, -0.05) is 12.1 Å². The molecule has 27 heavy (non-hydrogen) atoms. The zero-order valence-corrected chi connectivity index (χ0v) is 15.0. The number of benzene rings is 1. The van der Waals surface area contributed by atoms with Crippen molar-refractivity contribution < 1.29 is 32.5 Å². The number of hydrogen-bond acceptors (Lipinski definition) is 6. The predicted octanol–water partition coefficient (Wildman–Crippen LogP) is 1.61. The summed E-state index contributed by atoms with van der Waals surface area (Å²) in [5.41, 5.74) is -1.35. The quantitative estimate of drug-likeness (QED) is 0.767. The number of hydrogen-bond donors (Lipinski definition) is 2. The van der Waals surface area contributed by atoms with Crippen LogP contribution in [0.5, 0.6) is 5.75 Å². The molecule has 1 fully saturated rings. The Labute approximate surface area is 153 Å². The molecule has 0 bridgehead atoms. The van der Waals surface area contributed by atoms with E-state index in [2.05, 4.69) is 15.0 Å². The van der Waals surface area contributed by atoms with Gasteiger partial charge in [0.25, 0.3) is 5.91 Å². The Morgan fingerprint density at radius 2 is 1.96 bits per heavy atom. The second-order valence-electron chi connectivity index (χ2n) is 7.48. The SMILES string of the molecule is CC(C)(C)OC(O)N1CC2(C1)N=C(c1cccc(OC(F)(F)F)c1)NC2=O. The van der Waals surface area contributed by atoms with Crippen LogP contribution in [-0.2, 0) is 9.53 Å². The fraction of sp³-hybridized carbons (Fsp3) is 0.529. The minimum absolute atomic E-state index is 0.137. The van der Waals surface area contributed by atoms with Gasteiger partial charge in [0.15, 0.2) is 5.54 Å². The fourth-order valence-electron chi connectivity index (χ4n) is 2.88. The maximum absolute atomic E-state index is 12.4. The number of nitrogens with zero attached hydrogens (tertiary/aromatic N) is 2. The lowest BCUT2D eigenvalue weighted by Crippen LogP contribution is -2.68. The molecule has 1 aromatic rings. The number of aliphatic imine (C=N–C) groups is 1. The van der Waals surface area contributed by atoms with Crippen molar-refractivity contribution in [1.29, 1.82) is 0 Å². The van der Waals surface area contributed by atoms with E-state index in [0.29, 0.717) is 5.56 Å². The zero-order chi connectivity index (χ0) is 20.0. The van der Waals surface area contributed by atoms with Crippen molar-refractivity contribution in [2.75, 3.05) is 13.1 Å². The van der Waals surface area contributed by atoms with Crippen LogP contribution < -0.4 is 10.1 Å². The molecule has 0 radical (unpaired) electrons. The number of aliphatic hydroxyl groups is 1. The maximum atomic E-state index is 12.4. The second kappa shape index (κ2) is 6.47. The highest BCUT2D eigenvalue weighted by Crippen LogP contribution is 2.33. The van der Waals surface area contributed by atoms with E-state index >= 15 is 0 Å². The average molecular weight is 387 g/mol. The van der Waals surface area contributed by atoms with E-state index in [4.69, 9.17) is 4.74 Å². The van der Waals surface area contributed by atoms with Crippen LogP contribution in [-0.4, -0.2) is 58.8 Å². The third-order valence-electron chi connectivity index (χ3n) is 4.02. The third-order valence-corrected chi connectivity index (χ3v) is 4.02. The summed E-state index contributed by atoms with van der Waals surface area (Å²) in [4.78, 5) is 18.2. The van der Waals surface area contributed by atoms with Gasteiger partial charge in [0.05, 0.1) is 5.60 Å². The van der Waals surface area contributed by atoms with Gasteiger partial charge in [0.1, 0.15) is 11.6 Å². The molecule has 2 aliphatic heterocycles.